The van der Waals surface area contributed by atoms with E-state index >= 15 is 0 Å². The van der Waals surface area contributed by atoms with E-state index in [2.05, 4.69) is 0 Å². The molecule has 2 aliphatic rings. The van der Waals surface area contributed by atoms with Crippen LogP contribution in [0.3, 0.4) is 0 Å². The van der Waals surface area contributed by atoms with Gasteiger partial charge in [-0.1, -0.05) is 12.8 Å². The molecule has 0 bridgehead atoms. The van der Waals surface area contributed by atoms with Crippen molar-refractivity contribution >= 4 is 11.4 Å². The second-order valence-electron chi connectivity index (χ2n) is 6.29. The summed E-state index contributed by atoms with van der Waals surface area (Å²) in [4.78, 5) is 2.02. The number of piperidine rings is 1. The van der Waals surface area contributed by atoms with E-state index in [1.165, 1.54) is 13.2 Å². The topological polar surface area (TPSA) is 58.7 Å². The molecular weight excluding hydrogens is 271 g/mol. The van der Waals surface area contributed by atoms with Crippen LogP contribution in [0.4, 0.5) is 15.8 Å². The highest BCUT2D eigenvalue weighted by molar-refractivity contribution is 5.63. The van der Waals surface area contributed by atoms with Crippen LogP contribution in [-0.2, 0) is 0 Å². The molecule has 4 nitrogen and oxygen atoms in total. The third kappa shape index (κ3) is 2.55. The maximum absolute atomic E-state index is 14.2. The predicted molar refractivity (Wildman–Crippen MR) is 81.1 cm³/mol. The van der Waals surface area contributed by atoms with E-state index < -0.39 is 5.60 Å². The van der Waals surface area contributed by atoms with Gasteiger partial charge in [0, 0.05) is 31.1 Å². The fraction of sp³-hybridized carbons (Fsp3) is 0.625. The lowest BCUT2D eigenvalue weighted by Gasteiger charge is -2.48. The number of nitrogen functional groups attached to an aromatic ring is 1. The van der Waals surface area contributed by atoms with Crippen molar-refractivity contribution in [3.05, 3.63) is 17.9 Å². The number of nitrogens with zero attached hydrogens (tertiary/aromatic N) is 1. The van der Waals surface area contributed by atoms with Crippen LogP contribution in [0.2, 0.25) is 0 Å². The van der Waals surface area contributed by atoms with Crippen molar-refractivity contribution in [3.63, 3.8) is 0 Å². The molecule has 3 rings (SSSR count). The van der Waals surface area contributed by atoms with Gasteiger partial charge in [0.25, 0.3) is 0 Å². The number of methoxy groups -OCH3 is 1. The molecule has 116 valence electrons. The molecule has 1 aliphatic heterocycles. The van der Waals surface area contributed by atoms with Gasteiger partial charge in [-0.05, 0) is 19.3 Å². The summed E-state index contributed by atoms with van der Waals surface area (Å²) in [6.45, 7) is 1.36. The van der Waals surface area contributed by atoms with Crippen LogP contribution < -0.4 is 15.4 Å². The Morgan fingerprint density at radius 1 is 1.38 bits per heavy atom. The standard InChI is InChI=1S/C16H23FN2O2/c1-21-15-9-14(12(17)8-13(15)18)19-7-6-16(20)5-3-2-4-11(16)10-19/h8-9,11,20H,2-7,10,18H2,1H3. The Bertz CT molecular complexity index is 537. The quantitative estimate of drug-likeness (QED) is 0.823. The first-order valence-corrected chi connectivity index (χ1v) is 7.64. The molecule has 0 amide bonds. The lowest BCUT2D eigenvalue weighted by Crippen LogP contribution is -2.53. The smallest absolute Gasteiger partial charge is 0.148 e. The molecule has 1 aromatic carbocycles. The lowest BCUT2D eigenvalue weighted by atomic mass is 9.71. The second-order valence-corrected chi connectivity index (χ2v) is 6.29. The van der Waals surface area contributed by atoms with E-state index in [9.17, 15) is 9.50 Å². The lowest BCUT2D eigenvalue weighted by molar-refractivity contribution is -0.0613. The average molecular weight is 294 g/mol. The number of benzene rings is 1. The first-order chi connectivity index (χ1) is 10.0. The van der Waals surface area contributed by atoms with Crippen molar-refractivity contribution < 1.29 is 14.2 Å². The summed E-state index contributed by atoms with van der Waals surface area (Å²) in [5.74, 6) is 0.397. The summed E-state index contributed by atoms with van der Waals surface area (Å²) < 4.78 is 19.4. The summed E-state index contributed by atoms with van der Waals surface area (Å²) in [6, 6.07) is 2.98. The predicted octanol–water partition coefficient (Wildman–Crippen LogP) is 2.55. The molecule has 5 heteroatoms. The zero-order chi connectivity index (χ0) is 15.0. The van der Waals surface area contributed by atoms with Gasteiger partial charge in [-0.15, -0.1) is 0 Å². The average Bonchev–Trinajstić information content (AvgIpc) is 2.47. The summed E-state index contributed by atoms with van der Waals surface area (Å²) in [6.07, 6.45) is 4.83. The third-order valence-corrected chi connectivity index (χ3v) is 5.07. The molecule has 0 radical (unpaired) electrons. The molecule has 2 unspecified atom stereocenters. The largest absolute Gasteiger partial charge is 0.495 e. The Balaban J connectivity index is 1.85. The Kier molecular flexibility index (Phi) is 3.69. The van der Waals surface area contributed by atoms with Gasteiger partial charge in [-0.2, -0.15) is 0 Å². The minimum atomic E-state index is -0.552. The first-order valence-electron chi connectivity index (χ1n) is 7.64. The molecule has 1 saturated carbocycles. The van der Waals surface area contributed by atoms with E-state index in [0.29, 0.717) is 36.6 Å². The number of hydrogen-bond donors (Lipinski definition) is 2. The van der Waals surface area contributed by atoms with Crippen molar-refractivity contribution in [2.24, 2.45) is 5.92 Å². The molecule has 2 atom stereocenters. The Morgan fingerprint density at radius 2 is 2.19 bits per heavy atom. The summed E-state index contributed by atoms with van der Waals surface area (Å²) in [5.41, 5.74) is 6.01. The van der Waals surface area contributed by atoms with Gasteiger partial charge >= 0.3 is 0 Å². The van der Waals surface area contributed by atoms with Gasteiger partial charge in [0.1, 0.15) is 11.6 Å². The summed E-state index contributed by atoms with van der Waals surface area (Å²) in [5, 5.41) is 10.7. The van der Waals surface area contributed by atoms with Crippen LogP contribution >= 0.6 is 0 Å². The van der Waals surface area contributed by atoms with Crippen LogP contribution in [0.25, 0.3) is 0 Å². The van der Waals surface area contributed by atoms with Crippen LogP contribution in [-0.4, -0.2) is 30.9 Å². The monoisotopic (exact) mass is 294 g/mol. The number of ether oxygens (including phenoxy) is 1. The minimum absolute atomic E-state index is 0.225. The number of fused-ring (bicyclic) bond motifs is 1. The highest BCUT2D eigenvalue weighted by Gasteiger charge is 2.43. The van der Waals surface area contributed by atoms with Crippen LogP contribution in [0, 0.1) is 11.7 Å². The Hall–Kier alpha value is -1.49. The number of hydrogen-bond acceptors (Lipinski definition) is 4. The summed E-state index contributed by atoms with van der Waals surface area (Å²) in [7, 11) is 1.53. The van der Waals surface area contributed by atoms with Gasteiger partial charge in [0.15, 0.2) is 0 Å². The number of rotatable bonds is 2. The normalized spacial score (nSPS) is 29.1. The SMILES string of the molecule is COc1cc(N2CCC3(O)CCCCC3C2)c(F)cc1N. The van der Waals surface area contributed by atoms with Crippen LogP contribution in [0.1, 0.15) is 32.1 Å². The van der Waals surface area contributed by atoms with E-state index in [0.717, 1.165) is 25.7 Å². The fourth-order valence-corrected chi connectivity index (χ4v) is 3.77. The highest BCUT2D eigenvalue weighted by atomic mass is 19.1. The first kappa shape index (κ1) is 14.4. The van der Waals surface area contributed by atoms with E-state index in [1.807, 2.05) is 4.90 Å². The van der Waals surface area contributed by atoms with Gasteiger partial charge < -0.3 is 20.5 Å². The number of halogens is 1. The van der Waals surface area contributed by atoms with Crippen LogP contribution in [0.15, 0.2) is 12.1 Å². The van der Waals surface area contributed by atoms with Crippen LogP contribution in [0.5, 0.6) is 5.75 Å². The molecule has 1 aliphatic carbocycles. The maximum atomic E-state index is 14.2. The zero-order valence-corrected chi connectivity index (χ0v) is 12.4. The fourth-order valence-electron chi connectivity index (χ4n) is 3.77. The molecular formula is C16H23FN2O2. The van der Waals surface area contributed by atoms with E-state index in [-0.39, 0.29) is 11.7 Å². The summed E-state index contributed by atoms with van der Waals surface area (Å²) >= 11 is 0. The number of anilines is 2. The molecule has 2 fully saturated rings. The number of aliphatic hydroxyl groups is 1. The van der Waals surface area contributed by atoms with Crippen molar-refractivity contribution in [2.75, 3.05) is 30.8 Å². The van der Waals surface area contributed by atoms with Gasteiger partial charge in [-0.25, -0.2) is 4.39 Å². The third-order valence-electron chi connectivity index (χ3n) is 5.07. The highest BCUT2D eigenvalue weighted by Crippen LogP contribution is 2.42. The van der Waals surface area contributed by atoms with Crippen molar-refractivity contribution in [1.29, 1.82) is 0 Å². The molecule has 0 spiro atoms. The van der Waals surface area contributed by atoms with Crippen molar-refractivity contribution in [2.45, 2.75) is 37.7 Å². The molecule has 3 N–H and O–H groups in total. The maximum Gasteiger partial charge on any atom is 0.148 e. The zero-order valence-electron chi connectivity index (χ0n) is 12.4. The minimum Gasteiger partial charge on any atom is -0.495 e. The number of nitrogens with two attached hydrogens (primary N) is 1. The van der Waals surface area contributed by atoms with E-state index in [1.54, 1.807) is 6.07 Å². The van der Waals surface area contributed by atoms with Gasteiger partial charge in [-0.3, -0.25) is 0 Å². The van der Waals surface area contributed by atoms with Crippen molar-refractivity contribution in [1.82, 2.24) is 0 Å². The Morgan fingerprint density at radius 3 is 2.95 bits per heavy atom. The van der Waals surface area contributed by atoms with Gasteiger partial charge in [0.2, 0.25) is 0 Å². The van der Waals surface area contributed by atoms with Crippen molar-refractivity contribution in [3.8, 4) is 5.75 Å². The Labute approximate surface area is 124 Å². The molecule has 1 saturated heterocycles. The molecule has 0 aromatic heterocycles. The molecule has 1 heterocycles. The van der Waals surface area contributed by atoms with Gasteiger partial charge in [0.05, 0.1) is 24.1 Å². The van der Waals surface area contributed by atoms with E-state index in [4.69, 9.17) is 10.5 Å². The molecule has 21 heavy (non-hydrogen) atoms. The second kappa shape index (κ2) is 5.37. The molecule has 1 aromatic rings.